The summed E-state index contributed by atoms with van der Waals surface area (Å²) in [5, 5.41) is 8.78. The van der Waals surface area contributed by atoms with Crippen LogP contribution in [-0.4, -0.2) is 46.8 Å². The first kappa shape index (κ1) is 18.1. The molecule has 3 aliphatic heterocycles. The Morgan fingerprint density at radius 3 is 2.75 bits per heavy atom. The number of rotatable bonds is 3. The first-order valence-corrected chi connectivity index (χ1v) is 11.0. The highest BCUT2D eigenvalue weighted by atomic mass is 15.3. The fraction of sp³-hybridized carbons (Fsp3) is 0.583. The molecule has 1 aromatic heterocycles. The van der Waals surface area contributed by atoms with E-state index in [1.807, 2.05) is 6.20 Å². The van der Waals surface area contributed by atoms with Crippen molar-refractivity contribution >= 4 is 5.82 Å². The van der Waals surface area contributed by atoms with E-state index in [0.717, 1.165) is 42.8 Å². The molecule has 3 aliphatic rings. The zero-order valence-electron chi connectivity index (χ0n) is 17.2. The van der Waals surface area contributed by atoms with Crippen LogP contribution in [0.4, 0.5) is 5.82 Å². The van der Waals surface area contributed by atoms with Gasteiger partial charge in [-0.2, -0.15) is 5.10 Å². The van der Waals surface area contributed by atoms with Crippen molar-refractivity contribution in [3.05, 3.63) is 53.2 Å². The van der Waals surface area contributed by atoms with Crippen LogP contribution in [0.1, 0.15) is 42.4 Å². The summed E-state index contributed by atoms with van der Waals surface area (Å²) in [6.07, 6.45) is 8.60. The summed E-state index contributed by atoms with van der Waals surface area (Å²) in [6.45, 7) is 7.89. The quantitative estimate of drug-likeness (QED) is 0.810. The van der Waals surface area contributed by atoms with Gasteiger partial charge in [-0.25, -0.2) is 0 Å². The molecule has 0 N–H and O–H groups in total. The van der Waals surface area contributed by atoms with Gasteiger partial charge < -0.3 is 4.90 Å². The number of hydrogen-bond donors (Lipinski definition) is 0. The number of anilines is 1. The highest BCUT2D eigenvalue weighted by molar-refractivity contribution is 5.48. The molecule has 4 nitrogen and oxygen atoms in total. The van der Waals surface area contributed by atoms with Gasteiger partial charge in [-0.05, 0) is 68.1 Å². The van der Waals surface area contributed by atoms with Crippen LogP contribution in [0.3, 0.4) is 0 Å². The lowest BCUT2D eigenvalue weighted by atomic mass is 9.74. The second-order valence-corrected chi connectivity index (χ2v) is 9.28. The summed E-state index contributed by atoms with van der Waals surface area (Å²) in [4.78, 5) is 5.45. The second-order valence-electron chi connectivity index (χ2n) is 9.28. The van der Waals surface area contributed by atoms with Crippen molar-refractivity contribution in [2.24, 2.45) is 11.8 Å². The van der Waals surface area contributed by atoms with Gasteiger partial charge in [0.1, 0.15) is 0 Å². The van der Waals surface area contributed by atoms with E-state index >= 15 is 0 Å². The van der Waals surface area contributed by atoms with E-state index in [-0.39, 0.29) is 0 Å². The Labute approximate surface area is 169 Å². The zero-order valence-corrected chi connectivity index (χ0v) is 17.2. The standard InChI is InChI=1S/C24H32N4/c1-17-13-25-26-24(18(17)2)27-14-20-11-21(16-27)23-10-6-9-22(28(23)15-20)12-19-7-4-3-5-8-19/h3-5,7-8,13,20-23H,6,9-12,14-16H2,1-2H3/t20-,21+,22+,23-/m0/s1. The minimum absolute atomic E-state index is 0.721. The van der Waals surface area contributed by atoms with E-state index in [4.69, 9.17) is 0 Å². The van der Waals surface area contributed by atoms with Gasteiger partial charge in [0.15, 0.2) is 5.82 Å². The Morgan fingerprint density at radius 2 is 1.89 bits per heavy atom. The third-order valence-corrected chi connectivity index (χ3v) is 7.46. The van der Waals surface area contributed by atoms with Crippen LogP contribution in [0.15, 0.2) is 36.5 Å². The summed E-state index contributed by atoms with van der Waals surface area (Å²) in [7, 11) is 0. The molecule has 0 spiro atoms. The third-order valence-electron chi connectivity index (χ3n) is 7.46. The molecule has 2 bridgehead atoms. The Bertz CT molecular complexity index is 821. The first-order valence-electron chi connectivity index (χ1n) is 11.0. The molecule has 148 valence electrons. The molecule has 0 amide bonds. The van der Waals surface area contributed by atoms with Gasteiger partial charge in [-0.15, -0.1) is 5.10 Å². The molecule has 3 fully saturated rings. The SMILES string of the molecule is Cc1cnnc(N2C[C@@H]3C[C@H](C2)[C@@H]2CCC[C@H](Cc4ccccc4)N2C3)c1C. The maximum Gasteiger partial charge on any atom is 0.154 e. The lowest BCUT2D eigenvalue weighted by Crippen LogP contribution is -2.62. The number of aryl methyl sites for hydroxylation is 1. The molecule has 3 saturated heterocycles. The van der Waals surface area contributed by atoms with Crippen LogP contribution < -0.4 is 4.90 Å². The van der Waals surface area contributed by atoms with E-state index < -0.39 is 0 Å². The van der Waals surface area contributed by atoms with E-state index in [9.17, 15) is 0 Å². The van der Waals surface area contributed by atoms with E-state index in [1.165, 1.54) is 55.3 Å². The maximum atomic E-state index is 4.53. The molecule has 28 heavy (non-hydrogen) atoms. The van der Waals surface area contributed by atoms with Gasteiger partial charge in [0, 0.05) is 31.7 Å². The van der Waals surface area contributed by atoms with Crippen molar-refractivity contribution in [3.8, 4) is 0 Å². The fourth-order valence-electron chi connectivity index (χ4n) is 6.01. The lowest BCUT2D eigenvalue weighted by molar-refractivity contribution is -0.0188. The number of benzene rings is 1. The molecule has 0 aliphatic carbocycles. The van der Waals surface area contributed by atoms with Crippen molar-refractivity contribution in [2.45, 2.75) is 58.0 Å². The molecule has 2 aromatic rings. The summed E-state index contributed by atoms with van der Waals surface area (Å²) in [5.74, 6) is 2.65. The normalized spacial score (nSPS) is 30.1. The van der Waals surface area contributed by atoms with Gasteiger partial charge in [-0.3, -0.25) is 4.90 Å². The van der Waals surface area contributed by atoms with Crippen molar-refractivity contribution in [1.29, 1.82) is 0 Å². The molecule has 5 rings (SSSR count). The van der Waals surface area contributed by atoms with E-state index in [2.05, 4.69) is 64.2 Å². The second kappa shape index (κ2) is 7.47. The topological polar surface area (TPSA) is 32.3 Å². The number of piperidine rings is 3. The van der Waals surface area contributed by atoms with Crippen LogP contribution >= 0.6 is 0 Å². The fourth-order valence-corrected chi connectivity index (χ4v) is 6.01. The van der Waals surface area contributed by atoms with Gasteiger partial charge in [-0.1, -0.05) is 36.8 Å². The van der Waals surface area contributed by atoms with E-state index in [1.54, 1.807) is 0 Å². The molecule has 4 heteroatoms. The Hall–Kier alpha value is -1.94. The van der Waals surface area contributed by atoms with Crippen LogP contribution in [0, 0.1) is 25.7 Å². The highest BCUT2D eigenvalue weighted by Gasteiger charge is 2.45. The van der Waals surface area contributed by atoms with Crippen molar-refractivity contribution < 1.29 is 0 Å². The number of aromatic nitrogens is 2. The Kier molecular flexibility index (Phi) is 4.83. The molecule has 4 atom stereocenters. The predicted molar refractivity (Wildman–Crippen MR) is 114 cm³/mol. The number of fused-ring (bicyclic) bond motifs is 4. The monoisotopic (exact) mass is 376 g/mol. The van der Waals surface area contributed by atoms with Gasteiger partial charge >= 0.3 is 0 Å². The summed E-state index contributed by atoms with van der Waals surface area (Å²) >= 11 is 0. The molecule has 0 radical (unpaired) electrons. The maximum absolute atomic E-state index is 4.53. The molecule has 0 unspecified atom stereocenters. The first-order chi connectivity index (χ1) is 13.7. The predicted octanol–water partition coefficient (Wildman–Crippen LogP) is 4.02. The van der Waals surface area contributed by atoms with Crippen LogP contribution in [0.2, 0.25) is 0 Å². The Morgan fingerprint density at radius 1 is 1.04 bits per heavy atom. The summed E-state index contributed by atoms with van der Waals surface area (Å²) in [6, 6.07) is 12.6. The largest absolute Gasteiger partial charge is 0.354 e. The minimum atomic E-state index is 0.721. The van der Waals surface area contributed by atoms with Crippen LogP contribution in [0.25, 0.3) is 0 Å². The lowest BCUT2D eigenvalue weighted by Gasteiger charge is -2.55. The average molecular weight is 377 g/mol. The third kappa shape index (κ3) is 3.32. The van der Waals surface area contributed by atoms with E-state index in [0.29, 0.717) is 0 Å². The van der Waals surface area contributed by atoms with Gasteiger partial charge in [0.25, 0.3) is 0 Å². The van der Waals surface area contributed by atoms with Crippen molar-refractivity contribution in [3.63, 3.8) is 0 Å². The van der Waals surface area contributed by atoms with Crippen LogP contribution in [-0.2, 0) is 6.42 Å². The molecule has 1 aromatic carbocycles. The minimum Gasteiger partial charge on any atom is -0.354 e. The number of hydrogen-bond acceptors (Lipinski definition) is 4. The van der Waals surface area contributed by atoms with Crippen molar-refractivity contribution in [2.75, 3.05) is 24.5 Å². The number of nitrogens with zero attached hydrogens (tertiary/aromatic N) is 4. The summed E-state index contributed by atoms with van der Waals surface area (Å²) < 4.78 is 0. The Balaban J connectivity index is 1.35. The molecular formula is C24H32N4. The molecular weight excluding hydrogens is 344 g/mol. The zero-order chi connectivity index (χ0) is 19.1. The molecule has 0 saturated carbocycles. The van der Waals surface area contributed by atoms with Gasteiger partial charge in [0.2, 0.25) is 0 Å². The summed E-state index contributed by atoms with van der Waals surface area (Å²) in [5.41, 5.74) is 4.05. The van der Waals surface area contributed by atoms with Gasteiger partial charge in [0.05, 0.1) is 6.20 Å². The van der Waals surface area contributed by atoms with Crippen molar-refractivity contribution in [1.82, 2.24) is 15.1 Å². The molecule has 4 heterocycles. The van der Waals surface area contributed by atoms with Crippen LogP contribution in [0.5, 0.6) is 0 Å². The average Bonchev–Trinajstić information content (AvgIpc) is 2.71. The highest BCUT2D eigenvalue weighted by Crippen LogP contribution is 2.41. The smallest absolute Gasteiger partial charge is 0.154 e.